The van der Waals surface area contributed by atoms with E-state index in [-0.39, 0.29) is 11.7 Å². The number of hydrogen-bond acceptors (Lipinski definition) is 1. The summed E-state index contributed by atoms with van der Waals surface area (Å²) < 4.78 is 0. The Hall–Kier alpha value is -2.35. The molecule has 0 radical (unpaired) electrons. The molecule has 2 heteroatoms. The number of carbonyl (C=O) groups excluding carboxylic acids is 1. The van der Waals surface area contributed by atoms with Gasteiger partial charge in [-0.2, -0.15) is 0 Å². The van der Waals surface area contributed by atoms with Gasteiger partial charge in [0.2, 0.25) is 0 Å². The van der Waals surface area contributed by atoms with Gasteiger partial charge in [0, 0.05) is 28.6 Å². The van der Waals surface area contributed by atoms with Crippen molar-refractivity contribution in [3.63, 3.8) is 0 Å². The topological polar surface area (TPSA) is 32.9 Å². The number of nitrogens with one attached hydrogen (secondary N) is 1. The van der Waals surface area contributed by atoms with Gasteiger partial charge in [-0.3, -0.25) is 4.79 Å². The summed E-state index contributed by atoms with van der Waals surface area (Å²) >= 11 is 0. The fourth-order valence-electron chi connectivity index (χ4n) is 2.56. The summed E-state index contributed by atoms with van der Waals surface area (Å²) in [6.07, 6.45) is 1.83. The van der Waals surface area contributed by atoms with Gasteiger partial charge < -0.3 is 4.98 Å². The Balaban J connectivity index is 2.03. The maximum atomic E-state index is 12.7. The predicted molar refractivity (Wildman–Crippen MR) is 82.2 cm³/mol. The van der Waals surface area contributed by atoms with Crippen molar-refractivity contribution < 1.29 is 4.79 Å². The molecule has 100 valence electrons. The lowest BCUT2D eigenvalue weighted by Gasteiger charge is -2.10. The first-order valence-electron chi connectivity index (χ1n) is 6.83. The highest BCUT2D eigenvalue weighted by atomic mass is 16.1. The van der Waals surface area contributed by atoms with Crippen LogP contribution in [0.2, 0.25) is 0 Å². The number of benzene rings is 2. The van der Waals surface area contributed by atoms with Crippen LogP contribution >= 0.6 is 0 Å². The summed E-state index contributed by atoms with van der Waals surface area (Å²) in [5, 5.41) is 1.01. The molecule has 2 aromatic carbocycles. The lowest BCUT2D eigenvalue weighted by molar-refractivity contribution is 0.0968. The van der Waals surface area contributed by atoms with Crippen LogP contribution in [0.5, 0.6) is 0 Å². The van der Waals surface area contributed by atoms with Gasteiger partial charge in [-0.15, -0.1) is 0 Å². The molecule has 0 amide bonds. The van der Waals surface area contributed by atoms with E-state index in [1.165, 1.54) is 5.56 Å². The number of carbonyl (C=O) groups is 1. The lowest BCUT2D eigenvalue weighted by atomic mass is 9.92. The summed E-state index contributed by atoms with van der Waals surface area (Å²) in [7, 11) is 0. The van der Waals surface area contributed by atoms with Crippen LogP contribution in [0.3, 0.4) is 0 Å². The summed E-state index contributed by atoms with van der Waals surface area (Å²) in [6, 6.07) is 16.1. The van der Waals surface area contributed by atoms with Gasteiger partial charge in [-0.1, -0.05) is 48.9 Å². The monoisotopic (exact) mass is 263 g/mol. The molecular formula is C18H17NO. The summed E-state index contributed by atoms with van der Waals surface area (Å²) in [6.45, 7) is 4.01. The number of rotatable bonds is 3. The Bertz CT molecular complexity index is 755. The van der Waals surface area contributed by atoms with E-state index >= 15 is 0 Å². The van der Waals surface area contributed by atoms with Gasteiger partial charge >= 0.3 is 0 Å². The van der Waals surface area contributed by atoms with Crippen molar-refractivity contribution in [3.05, 3.63) is 71.4 Å². The highest BCUT2D eigenvalue weighted by molar-refractivity contribution is 6.10. The Kier molecular flexibility index (Phi) is 3.15. The molecule has 0 fully saturated rings. The van der Waals surface area contributed by atoms with Crippen LogP contribution in [0.25, 0.3) is 10.9 Å². The maximum Gasteiger partial charge on any atom is 0.172 e. The average Bonchev–Trinajstić information content (AvgIpc) is 2.89. The van der Waals surface area contributed by atoms with E-state index in [4.69, 9.17) is 0 Å². The molecule has 0 spiro atoms. The minimum absolute atomic E-state index is 0.129. The fourth-order valence-corrected chi connectivity index (χ4v) is 2.56. The van der Waals surface area contributed by atoms with Crippen molar-refractivity contribution in [2.75, 3.05) is 0 Å². The van der Waals surface area contributed by atoms with E-state index < -0.39 is 0 Å². The van der Waals surface area contributed by atoms with Crippen molar-refractivity contribution in [2.45, 2.75) is 19.8 Å². The molecular weight excluding hydrogens is 246 g/mol. The van der Waals surface area contributed by atoms with Crippen LogP contribution in [0.4, 0.5) is 0 Å². The standard InChI is InChI=1S/C18H17NO/c1-12-8-9-17-15(10-12)16(11-19-17)18(20)13(2)14-6-4-3-5-7-14/h3-11,13,19H,1-2H3. The van der Waals surface area contributed by atoms with E-state index in [0.717, 1.165) is 22.0 Å². The van der Waals surface area contributed by atoms with E-state index in [2.05, 4.69) is 11.1 Å². The third-order valence-corrected chi connectivity index (χ3v) is 3.80. The van der Waals surface area contributed by atoms with Crippen molar-refractivity contribution in [1.82, 2.24) is 4.98 Å². The highest BCUT2D eigenvalue weighted by Crippen LogP contribution is 2.26. The van der Waals surface area contributed by atoms with E-state index in [1.807, 2.05) is 62.5 Å². The number of H-pyrrole nitrogens is 1. The molecule has 0 aliphatic carbocycles. The minimum atomic E-state index is -0.129. The van der Waals surface area contributed by atoms with Gasteiger partial charge in [-0.25, -0.2) is 0 Å². The Labute approximate surface area is 118 Å². The molecule has 1 unspecified atom stereocenters. The number of aryl methyl sites for hydroxylation is 1. The molecule has 1 heterocycles. The fraction of sp³-hybridized carbons (Fsp3) is 0.167. The SMILES string of the molecule is Cc1ccc2[nH]cc(C(=O)C(C)c3ccccc3)c2c1. The zero-order valence-corrected chi connectivity index (χ0v) is 11.7. The first kappa shape index (κ1) is 12.7. The number of Topliss-reactive ketones (excluding diaryl/α,β-unsaturated/α-hetero) is 1. The van der Waals surface area contributed by atoms with Crippen molar-refractivity contribution >= 4 is 16.7 Å². The van der Waals surface area contributed by atoms with Gasteiger partial charge in [0.05, 0.1) is 0 Å². The molecule has 0 aliphatic heterocycles. The quantitative estimate of drug-likeness (QED) is 0.695. The second-order valence-electron chi connectivity index (χ2n) is 5.25. The van der Waals surface area contributed by atoms with E-state index in [0.29, 0.717) is 0 Å². The normalized spacial score (nSPS) is 12.5. The molecule has 0 saturated heterocycles. The number of ketones is 1. The molecule has 1 aromatic heterocycles. The van der Waals surface area contributed by atoms with Gasteiger partial charge in [-0.05, 0) is 24.6 Å². The molecule has 1 N–H and O–H groups in total. The zero-order chi connectivity index (χ0) is 14.1. The number of aromatic amines is 1. The van der Waals surface area contributed by atoms with Gasteiger partial charge in [0.15, 0.2) is 5.78 Å². The molecule has 3 rings (SSSR count). The van der Waals surface area contributed by atoms with Crippen molar-refractivity contribution in [1.29, 1.82) is 0 Å². The maximum absolute atomic E-state index is 12.7. The van der Waals surface area contributed by atoms with Crippen molar-refractivity contribution in [2.24, 2.45) is 0 Å². The summed E-state index contributed by atoms with van der Waals surface area (Å²) in [5.41, 5.74) is 4.01. The Morgan fingerprint density at radius 3 is 2.60 bits per heavy atom. The molecule has 3 aromatic rings. The Morgan fingerprint density at radius 2 is 1.85 bits per heavy atom. The van der Waals surface area contributed by atoms with Crippen LogP contribution in [0.1, 0.15) is 34.3 Å². The number of hydrogen-bond donors (Lipinski definition) is 1. The second kappa shape index (κ2) is 4.97. The predicted octanol–water partition coefficient (Wildman–Crippen LogP) is 4.46. The third kappa shape index (κ3) is 2.14. The first-order chi connectivity index (χ1) is 9.66. The zero-order valence-electron chi connectivity index (χ0n) is 11.7. The number of aromatic nitrogens is 1. The molecule has 20 heavy (non-hydrogen) atoms. The summed E-state index contributed by atoms with van der Waals surface area (Å²) in [4.78, 5) is 15.9. The first-order valence-corrected chi connectivity index (χ1v) is 6.83. The van der Waals surface area contributed by atoms with E-state index in [9.17, 15) is 4.79 Å². The number of fused-ring (bicyclic) bond motifs is 1. The smallest absolute Gasteiger partial charge is 0.172 e. The van der Waals surface area contributed by atoms with Crippen molar-refractivity contribution in [3.8, 4) is 0 Å². The largest absolute Gasteiger partial charge is 0.360 e. The third-order valence-electron chi connectivity index (χ3n) is 3.80. The Morgan fingerprint density at radius 1 is 1.10 bits per heavy atom. The molecule has 0 bridgehead atoms. The molecule has 0 aliphatic rings. The highest BCUT2D eigenvalue weighted by Gasteiger charge is 2.20. The summed E-state index contributed by atoms with van der Waals surface area (Å²) in [5.74, 6) is 0.0313. The molecule has 2 nitrogen and oxygen atoms in total. The van der Waals surface area contributed by atoms with Crippen LogP contribution < -0.4 is 0 Å². The van der Waals surface area contributed by atoms with Crippen LogP contribution in [-0.2, 0) is 0 Å². The second-order valence-corrected chi connectivity index (χ2v) is 5.25. The molecule has 1 atom stereocenters. The van der Waals surface area contributed by atoms with Crippen LogP contribution in [0.15, 0.2) is 54.7 Å². The van der Waals surface area contributed by atoms with Gasteiger partial charge in [0.25, 0.3) is 0 Å². The molecule has 0 saturated carbocycles. The van der Waals surface area contributed by atoms with Crippen LogP contribution in [0, 0.1) is 6.92 Å². The van der Waals surface area contributed by atoms with E-state index in [1.54, 1.807) is 0 Å². The van der Waals surface area contributed by atoms with Crippen LogP contribution in [-0.4, -0.2) is 10.8 Å². The van der Waals surface area contributed by atoms with Gasteiger partial charge in [0.1, 0.15) is 0 Å². The average molecular weight is 263 g/mol. The lowest BCUT2D eigenvalue weighted by Crippen LogP contribution is -2.09. The minimum Gasteiger partial charge on any atom is -0.360 e.